The van der Waals surface area contributed by atoms with Gasteiger partial charge in [0.1, 0.15) is 19.1 Å². The summed E-state index contributed by atoms with van der Waals surface area (Å²) >= 11 is 0. The third-order valence-electron chi connectivity index (χ3n) is 1.45. The number of hydrogen-bond acceptors (Lipinski definition) is 3. The average molecular weight is 175 g/mol. The number of hydrogen-bond donors (Lipinski definition) is 1. The number of nitrogens with zero attached hydrogens (tertiary/aromatic N) is 3. The Bertz CT molecular complexity index is 306. The Morgan fingerprint density at radius 2 is 2.50 bits per heavy atom. The molecule has 1 aromatic heterocycles. The lowest BCUT2D eigenvalue weighted by atomic mass is 10.4. The highest BCUT2D eigenvalue weighted by Gasteiger charge is 2.07. The minimum Gasteiger partial charge on any atom is -0.388 e. The van der Waals surface area contributed by atoms with Gasteiger partial charge in [0.05, 0.1) is 6.54 Å². The molecule has 5 nitrogen and oxygen atoms in total. The van der Waals surface area contributed by atoms with E-state index in [1.807, 2.05) is 0 Å². The Balaban J connectivity index is 2.76. The summed E-state index contributed by atoms with van der Waals surface area (Å²) in [5.74, 6) is 0. The average Bonchev–Trinajstić information content (AvgIpc) is 2.36. The van der Waals surface area contributed by atoms with Gasteiger partial charge in [-0.05, 0) is 0 Å². The fourth-order valence-electron chi connectivity index (χ4n) is 0.794. The second-order valence-electron chi connectivity index (χ2n) is 2.51. The van der Waals surface area contributed by atoms with Crippen LogP contribution < -0.4 is 5.69 Å². The molecule has 1 unspecified atom stereocenters. The van der Waals surface area contributed by atoms with E-state index >= 15 is 0 Å². The number of halogens is 1. The summed E-state index contributed by atoms with van der Waals surface area (Å²) in [5.41, 5.74) is -0.359. The van der Waals surface area contributed by atoms with Crippen molar-refractivity contribution in [3.63, 3.8) is 0 Å². The van der Waals surface area contributed by atoms with E-state index in [9.17, 15) is 9.18 Å². The van der Waals surface area contributed by atoms with Gasteiger partial charge in [-0.3, -0.25) is 4.57 Å². The molecule has 0 aromatic carbocycles. The third kappa shape index (κ3) is 1.70. The molecule has 0 radical (unpaired) electrons. The van der Waals surface area contributed by atoms with Gasteiger partial charge in [0.25, 0.3) is 0 Å². The Hall–Kier alpha value is -1.17. The molecule has 1 aromatic rings. The molecule has 1 atom stereocenters. The van der Waals surface area contributed by atoms with Gasteiger partial charge in [-0.1, -0.05) is 0 Å². The zero-order valence-electron chi connectivity index (χ0n) is 6.64. The molecule has 1 N–H and O–H groups in total. The number of rotatable bonds is 3. The number of aliphatic hydroxyl groups is 1. The lowest BCUT2D eigenvalue weighted by molar-refractivity contribution is 0.116. The first kappa shape index (κ1) is 8.92. The van der Waals surface area contributed by atoms with E-state index in [1.165, 1.54) is 17.9 Å². The van der Waals surface area contributed by atoms with Crippen LogP contribution in [0.4, 0.5) is 4.39 Å². The van der Waals surface area contributed by atoms with Gasteiger partial charge in [-0.15, -0.1) is 0 Å². The summed E-state index contributed by atoms with van der Waals surface area (Å²) in [7, 11) is 1.54. The van der Waals surface area contributed by atoms with E-state index in [0.29, 0.717) is 0 Å². The summed E-state index contributed by atoms with van der Waals surface area (Å²) in [6, 6.07) is 0. The molecule has 1 heterocycles. The fraction of sp³-hybridized carbons (Fsp3) is 0.667. The molecule has 68 valence electrons. The van der Waals surface area contributed by atoms with Crippen molar-refractivity contribution in [2.75, 3.05) is 6.67 Å². The Labute approximate surface area is 68.0 Å². The van der Waals surface area contributed by atoms with Crippen LogP contribution in [-0.2, 0) is 13.6 Å². The standard InChI is InChI=1S/C6H10FN3O2/c1-9-4-8-10(6(9)12)3-5(11)2-7/h4-5,11H,2-3H2,1H3. The molecular weight excluding hydrogens is 165 g/mol. The second-order valence-corrected chi connectivity index (χ2v) is 2.51. The Kier molecular flexibility index (Phi) is 2.59. The van der Waals surface area contributed by atoms with E-state index in [0.717, 1.165) is 4.68 Å². The molecule has 0 amide bonds. The van der Waals surface area contributed by atoms with Crippen molar-refractivity contribution in [1.82, 2.24) is 14.3 Å². The lowest BCUT2D eigenvalue weighted by Crippen LogP contribution is -2.29. The van der Waals surface area contributed by atoms with Crippen LogP contribution in [0.1, 0.15) is 0 Å². The largest absolute Gasteiger partial charge is 0.388 e. The van der Waals surface area contributed by atoms with E-state index in [2.05, 4.69) is 5.10 Å². The van der Waals surface area contributed by atoms with Crippen LogP contribution in [-0.4, -0.2) is 32.2 Å². The SMILES string of the molecule is Cn1cnn(CC(O)CF)c1=O. The molecule has 0 saturated heterocycles. The molecular formula is C6H10FN3O2. The quantitative estimate of drug-likeness (QED) is 0.635. The molecule has 0 aliphatic rings. The number of aryl methyl sites for hydroxylation is 1. The minimum absolute atomic E-state index is 0.101. The van der Waals surface area contributed by atoms with E-state index in [4.69, 9.17) is 5.11 Å². The minimum atomic E-state index is -1.16. The monoisotopic (exact) mass is 175 g/mol. The third-order valence-corrected chi connectivity index (χ3v) is 1.45. The van der Waals surface area contributed by atoms with Crippen LogP contribution in [0, 0.1) is 0 Å². The first-order valence-electron chi connectivity index (χ1n) is 3.47. The highest BCUT2D eigenvalue weighted by Crippen LogP contribution is 1.87. The molecule has 0 saturated carbocycles. The van der Waals surface area contributed by atoms with Crippen molar-refractivity contribution in [3.8, 4) is 0 Å². The first-order chi connectivity index (χ1) is 5.65. The van der Waals surface area contributed by atoms with Crippen LogP contribution in [0.15, 0.2) is 11.1 Å². The lowest BCUT2D eigenvalue weighted by Gasteiger charge is -2.03. The predicted molar refractivity (Wildman–Crippen MR) is 39.4 cm³/mol. The van der Waals surface area contributed by atoms with Gasteiger partial charge >= 0.3 is 5.69 Å². The fourth-order valence-corrected chi connectivity index (χ4v) is 0.794. The molecule has 0 fully saturated rings. The van der Waals surface area contributed by atoms with Gasteiger partial charge in [-0.2, -0.15) is 5.10 Å². The van der Waals surface area contributed by atoms with Crippen molar-refractivity contribution in [1.29, 1.82) is 0 Å². The van der Waals surface area contributed by atoms with Gasteiger partial charge in [0.15, 0.2) is 0 Å². The topological polar surface area (TPSA) is 60.1 Å². The molecule has 0 spiro atoms. The first-order valence-corrected chi connectivity index (χ1v) is 3.47. The number of alkyl halides is 1. The summed E-state index contributed by atoms with van der Waals surface area (Å²) in [5, 5.41) is 12.5. The normalized spacial score (nSPS) is 13.2. The zero-order chi connectivity index (χ0) is 9.14. The van der Waals surface area contributed by atoms with Crippen molar-refractivity contribution >= 4 is 0 Å². The van der Waals surface area contributed by atoms with Crippen LogP contribution >= 0.6 is 0 Å². The van der Waals surface area contributed by atoms with Crippen molar-refractivity contribution < 1.29 is 9.50 Å². The highest BCUT2D eigenvalue weighted by atomic mass is 19.1. The zero-order valence-corrected chi connectivity index (χ0v) is 6.64. The maximum Gasteiger partial charge on any atom is 0.345 e. The maximum atomic E-state index is 11.8. The van der Waals surface area contributed by atoms with Gasteiger partial charge < -0.3 is 5.11 Å². The van der Waals surface area contributed by atoms with E-state index in [1.54, 1.807) is 0 Å². The number of aliphatic hydroxyl groups excluding tert-OH is 1. The highest BCUT2D eigenvalue weighted by molar-refractivity contribution is 4.66. The van der Waals surface area contributed by atoms with Crippen LogP contribution in [0.3, 0.4) is 0 Å². The van der Waals surface area contributed by atoms with Gasteiger partial charge in [0.2, 0.25) is 0 Å². The summed E-state index contributed by atoms with van der Waals surface area (Å²) in [6.07, 6.45) is 0.158. The predicted octanol–water partition coefficient (Wildman–Crippen LogP) is -1.09. The maximum absolute atomic E-state index is 11.8. The molecule has 12 heavy (non-hydrogen) atoms. The molecule has 0 bridgehead atoms. The number of aromatic nitrogens is 3. The molecule has 1 rings (SSSR count). The molecule has 0 aliphatic heterocycles. The molecule has 0 aliphatic carbocycles. The van der Waals surface area contributed by atoms with Crippen molar-refractivity contribution in [3.05, 3.63) is 16.8 Å². The smallest absolute Gasteiger partial charge is 0.345 e. The summed E-state index contributed by atoms with van der Waals surface area (Å²) in [6.45, 7) is -0.973. The molecule has 6 heteroatoms. The summed E-state index contributed by atoms with van der Waals surface area (Å²) < 4.78 is 14.1. The second kappa shape index (κ2) is 3.48. The van der Waals surface area contributed by atoms with Crippen LogP contribution in [0.5, 0.6) is 0 Å². The Morgan fingerprint density at radius 1 is 1.83 bits per heavy atom. The van der Waals surface area contributed by atoms with E-state index in [-0.39, 0.29) is 12.2 Å². The van der Waals surface area contributed by atoms with Crippen molar-refractivity contribution in [2.45, 2.75) is 12.6 Å². The van der Waals surface area contributed by atoms with Gasteiger partial charge in [-0.25, -0.2) is 13.9 Å². The van der Waals surface area contributed by atoms with E-state index < -0.39 is 12.8 Å². The van der Waals surface area contributed by atoms with Crippen LogP contribution in [0.2, 0.25) is 0 Å². The summed E-state index contributed by atoms with van der Waals surface area (Å²) in [4.78, 5) is 11.1. The van der Waals surface area contributed by atoms with Gasteiger partial charge in [0, 0.05) is 7.05 Å². The Morgan fingerprint density at radius 3 is 2.92 bits per heavy atom. The van der Waals surface area contributed by atoms with Crippen molar-refractivity contribution in [2.24, 2.45) is 7.05 Å². The van der Waals surface area contributed by atoms with Crippen LogP contribution in [0.25, 0.3) is 0 Å².